The Morgan fingerprint density at radius 2 is 1.04 bits per heavy atom. The summed E-state index contributed by atoms with van der Waals surface area (Å²) in [5, 5.41) is 0. The van der Waals surface area contributed by atoms with Crippen molar-refractivity contribution in [2.45, 2.75) is 20.8 Å². The fraction of sp³-hybridized carbons (Fsp3) is 0.130. The van der Waals surface area contributed by atoms with Crippen LogP contribution in [0, 0.1) is 20.8 Å². The molecule has 25 heavy (non-hydrogen) atoms. The van der Waals surface area contributed by atoms with Crippen LogP contribution in [0.3, 0.4) is 0 Å². The van der Waals surface area contributed by atoms with Gasteiger partial charge in [-0.05, 0) is 44.0 Å². The standard InChI is InChI=1S/C23H20N2/c1-15-9-11-19(12-10-15)23-22(18-7-5-4-6-8-18)24-20-13-16(2)17(3)14-21(20)25-23/h4-14H,1-3H3. The molecule has 0 aliphatic heterocycles. The van der Waals surface area contributed by atoms with Crippen LogP contribution in [0.15, 0.2) is 66.7 Å². The number of hydrogen-bond acceptors (Lipinski definition) is 2. The van der Waals surface area contributed by atoms with Crippen LogP contribution >= 0.6 is 0 Å². The molecule has 2 heteroatoms. The van der Waals surface area contributed by atoms with Gasteiger partial charge in [0, 0.05) is 11.1 Å². The van der Waals surface area contributed by atoms with Gasteiger partial charge in [0.2, 0.25) is 0 Å². The summed E-state index contributed by atoms with van der Waals surface area (Å²) in [6, 6.07) is 23.0. The van der Waals surface area contributed by atoms with Gasteiger partial charge < -0.3 is 0 Å². The third kappa shape index (κ3) is 2.91. The highest BCUT2D eigenvalue weighted by Gasteiger charge is 2.13. The maximum atomic E-state index is 4.99. The fourth-order valence-corrected chi connectivity index (χ4v) is 3.02. The van der Waals surface area contributed by atoms with Crippen molar-refractivity contribution < 1.29 is 0 Å². The topological polar surface area (TPSA) is 25.8 Å². The lowest BCUT2D eigenvalue weighted by molar-refractivity contribution is 1.26. The van der Waals surface area contributed by atoms with Gasteiger partial charge in [-0.15, -0.1) is 0 Å². The van der Waals surface area contributed by atoms with E-state index in [-0.39, 0.29) is 0 Å². The molecule has 0 bridgehead atoms. The largest absolute Gasteiger partial charge is 0.244 e. The van der Waals surface area contributed by atoms with Gasteiger partial charge in [0.1, 0.15) is 0 Å². The van der Waals surface area contributed by atoms with Crippen molar-refractivity contribution in [2.75, 3.05) is 0 Å². The van der Waals surface area contributed by atoms with Crippen molar-refractivity contribution in [1.82, 2.24) is 9.97 Å². The van der Waals surface area contributed by atoms with E-state index in [4.69, 9.17) is 9.97 Å². The predicted octanol–water partition coefficient (Wildman–Crippen LogP) is 5.89. The predicted molar refractivity (Wildman–Crippen MR) is 105 cm³/mol. The van der Waals surface area contributed by atoms with E-state index in [1.54, 1.807) is 0 Å². The average Bonchev–Trinajstić information content (AvgIpc) is 2.63. The normalized spacial score (nSPS) is 11.0. The van der Waals surface area contributed by atoms with Crippen LogP contribution in [0.1, 0.15) is 16.7 Å². The van der Waals surface area contributed by atoms with Gasteiger partial charge in [-0.2, -0.15) is 0 Å². The fourth-order valence-electron chi connectivity index (χ4n) is 3.02. The Morgan fingerprint density at radius 3 is 1.56 bits per heavy atom. The van der Waals surface area contributed by atoms with Gasteiger partial charge in [-0.1, -0.05) is 60.2 Å². The summed E-state index contributed by atoms with van der Waals surface area (Å²) in [7, 11) is 0. The molecular weight excluding hydrogens is 304 g/mol. The molecule has 0 saturated carbocycles. The summed E-state index contributed by atoms with van der Waals surface area (Å²) < 4.78 is 0. The minimum Gasteiger partial charge on any atom is -0.244 e. The molecule has 4 aromatic rings. The molecule has 3 aromatic carbocycles. The molecule has 4 rings (SSSR count). The SMILES string of the molecule is Cc1ccc(-c2nc3cc(C)c(C)cc3nc2-c2ccccc2)cc1. The highest BCUT2D eigenvalue weighted by molar-refractivity contribution is 5.86. The monoisotopic (exact) mass is 324 g/mol. The molecule has 0 N–H and O–H groups in total. The van der Waals surface area contributed by atoms with Crippen LogP contribution in [0.5, 0.6) is 0 Å². The van der Waals surface area contributed by atoms with E-state index in [1.165, 1.54) is 16.7 Å². The van der Waals surface area contributed by atoms with Gasteiger partial charge in [0.05, 0.1) is 22.4 Å². The lowest BCUT2D eigenvalue weighted by atomic mass is 10.0. The Morgan fingerprint density at radius 1 is 0.560 bits per heavy atom. The molecule has 0 amide bonds. The van der Waals surface area contributed by atoms with Crippen LogP contribution in [0.2, 0.25) is 0 Å². The third-order valence-corrected chi connectivity index (χ3v) is 4.65. The Bertz CT molecular complexity index is 1050. The lowest BCUT2D eigenvalue weighted by Crippen LogP contribution is -1.97. The molecule has 122 valence electrons. The van der Waals surface area contributed by atoms with E-state index in [9.17, 15) is 0 Å². The molecule has 0 saturated heterocycles. The number of hydrogen-bond donors (Lipinski definition) is 0. The van der Waals surface area contributed by atoms with Gasteiger partial charge in [0.25, 0.3) is 0 Å². The molecule has 0 aliphatic carbocycles. The number of benzene rings is 3. The minimum absolute atomic E-state index is 0.931. The van der Waals surface area contributed by atoms with Gasteiger partial charge in [-0.25, -0.2) is 9.97 Å². The van der Waals surface area contributed by atoms with Crippen molar-refractivity contribution >= 4 is 11.0 Å². The zero-order chi connectivity index (χ0) is 17.4. The Labute approximate surface area is 148 Å². The molecular formula is C23H20N2. The smallest absolute Gasteiger partial charge is 0.0973 e. The minimum atomic E-state index is 0.931. The summed E-state index contributed by atoms with van der Waals surface area (Å²) in [6.07, 6.45) is 0. The van der Waals surface area contributed by atoms with Crippen molar-refractivity contribution in [3.05, 3.63) is 83.4 Å². The van der Waals surface area contributed by atoms with Crippen molar-refractivity contribution in [3.63, 3.8) is 0 Å². The molecule has 1 aromatic heterocycles. The molecule has 0 atom stereocenters. The molecule has 0 radical (unpaired) electrons. The Hall–Kier alpha value is -3.00. The zero-order valence-corrected chi connectivity index (χ0v) is 14.7. The Kier molecular flexibility index (Phi) is 3.81. The van der Waals surface area contributed by atoms with E-state index in [0.717, 1.165) is 33.5 Å². The van der Waals surface area contributed by atoms with Crippen LogP contribution in [0.25, 0.3) is 33.5 Å². The van der Waals surface area contributed by atoms with E-state index in [2.05, 4.69) is 69.3 Å². The summed E-state index contributed by atoms with van der Waals surface area (Å²) in [6.45, 7) is 6.33. The number of aromatic nitrogens is 2. The first-order chi connectivity index (χ1) is 12.1. The maximum Gasteiger partial charge on any atom is 0.0973 e. The highest BCUT2D eigenvalue weighted by atomic mass is 14.8. The second-order valence-electron chi connectivity index (χ2n) is 6.58. The molecule has 1 heterocycles. The molecule has 0 unspecified atom stereocenters. The summed E-state index contributed by atoms with van der Waals surface area (Å²) in [5.41, 5.74) is 9.65. The first-order valence-corrected chi connectivity index (χ1v) is 8.53. The van der Waals surface area contributed by atoms with Gasteiger partial charge in [0.15, 0.2) is 0 Å². The van der Waals surface area contributed by atoms with E-state index >= 15 is 0 Å². The first-order valence-electron chi connectivity index (χ1n) is 8.53. The van der Waals surface area contributed by atoms with Crippen molar-refractivity contribution in [2.24, 2.45) is 0 Å². The molecule has 0 aliphatic rings. The van der Waals surface area contributed by atoms with Crippen LogP contribution in [0.4, 0.5) is 0 Å². The van der Waals surface area contributed by atoms with Crippen molar-refractivity contribution in [3.8, 4) is 22.5 Å². The first kappa shape index (κ1) is 15.5. The molecule has 0 fully saturated rings. The number of fused-ring (bicyclic) bond motifs is 1. The second kappa shape index (κ2) is 6.14. The second-order valence-corrected chi connectivity index (χ2v) is 6.58. The number of aryl methyl sites for hydroxylation is 3. The summed E-state index contributed by atoms with van der Waals surface area (Å²) in [4.78, 5) is 9.97. The van der Waals surface area contributed by atoms with E-state index in [0.29, 0.717) is 0 Å². The Balaban J connectivity index is 2.04. The zero-order valence-electron chi connectivity index (χ0n) is 14.7. The van der Waals surface area contributed by atoms with Crippen LogP contribution in [-0.2, 0) is 0 Å². The van der Waals surface area contributed by atoms with Crippen LogP contribution < -0.4 is 0 Å². The average molecular weight is 324 g/mol. The maximum absolute atomic E-state index is 4.99. The quantitative estimate of drug-likeness (QED) is 0.459. The van der Waals surface area contributed by atoms with E-state index < -0.39 is 0 Å². The van der Waals surface area contributed by atoms with Crippen molar-refractivity contribution in [1.29, 1.82) is 0 Å². The lowest BCUT2D eigenvalue weighted by Gasteiger charge is -2.12. The summed E-state index contributed by atoms with van der Waals surface area (Å²) >= 11 is 0. The van der Waals surface area contributed by atoms with Gasteiger partial charge >= 0.3 is 0 Å². The highest BCUT2D eigenvalue weighted by Crippen LogP contribution is 2.31. The number of nitrogens with zero attached hydrogens (tertiary/aromatic N) is 2. The van der Waals surface area contributed by atoms with E-state index in [1.807, 2.05) is 18.2 Å². The molecule has 2 nitrogen and oxygen atoms in total. The number of rotatable bonds is 2. The van der Waals surface area contributed by atoms with Gasteiger partial charge in [-0.3, -0.25) is 0 Å². The third-order valence-electron chi connectivity index (χ3n) is 4.65. The summed E-state index contributed by atoms with van der Waals surface area (Å²) in [5.74, 6) is 0. The molecule has 0 spiro atoms. The van der Waals surface area contributed by atoms with Crippen LogP contribution in [-0.4, -0.2) is 9.97 Å².